The van der Waals surface area contributed by atoms with Crippen LogP contribution in [0.1, 0.15) is 23.7 Å². The van der Waals surface area contributed by atoms with Gasteiger partial charge in [0, 0.05) is 17.5 Å². The molecule has 0 aliphatic rings. The summed E-state index contributed by atoms with van der Waals surface area (Å²) in [4.78, 5) is 12.0. The van der Waals surface area contributed by atoms with Crippen molar-refractivity contribution in [2.24, 2.45) is 0 Å². The third-order valence-electron chi connectivity index (χ3n) is 2.66. The van der Waals surface area contributed by atoms with E-state index in [-0.39, 0.29) is 11.9 Å². The number of methoxy groups -OCH3 is 2. The summed E-state index contributed by atoms with van der Waals surface area (Å²) in [6.07, 6.45) is 0.794. The van der Waals surface area contributed by atoms with Crippen LogP contribution >= 0.6 is 11.6 Å². The van der Waals surface area contributed by atoms with Crippen molar-refractivity contribution in [3.05, 3.63) is 23.8 Å². The van der Waals surface area contributed by atoms with E-state index < -0.39 is 0 Å². The Balaban J connectivity index is 2.86. The molecule has 0 spiro atoms. The van der Waals surface area contributed by atoms with Crippen molar-refractivity contribution < 1.29 is 14.3 Å². The van der Waals surface area contributed by atoms with Gasteiger partial charge in [-0.2, -0.15) is 0 Å². The van der Waals surface area contributed by atoms with Gasteiger partial charge < -0.3 is 14.8 Å². The molecule has 4 nitrogen and oxygen atoms in total. The van der Waals surface area contributed by atoms with Gasteiger partial charge in [-0.3, -0.25) is 4.79 Å². The standard InChI is InChI=1S/C13H18ClNO3/c1-4-10(8-14)15-13(16)9-5-6-11(17-2)12(7-9)18-3/h5-7,10H,4,8H2,1-3H3,(H,15,16). The molecule has 1 amide bonds. The molecule has 0 aliphatic carbocycles. The summed E-state index contributed by atoms with van der Waals surface area (Å²) in [5.74, 6) is 1.36. The van der Waals surface area contributed by atoms with Crippen molar-refractivity contribution >= 4 is 17.5 Å². The van der Waals surface area contributed by atoms with Gasteiger partial charge in [0.05, 0.1) is 14.2 Å². The zero-order chi connectivity index (χ0) is 13.5. The monoisotopic (exact) mass is 271 g/mol. The molecule has 0 aromatic heterocycles. The predicted molar refractivity (Wildman–Crippen MR) is 71.8 cm³/mol. The second-order valence-corrected chi connectivity index (χ2v) is 4.11. The molecule has 1 aromatic carbocycles. The van der Waals surface area contributed by atoms with Gasteiger partial charge in [-0.25, -0.2) is 0 Å². The molecule has 0 saturated heterocycles. The summed E-state index contributed by atoms with van der Waals surface area (Å²) >= 11 is 5.75. The third kappa shape index (κ3) is 3.53. The fourth-order valence-electron chi connectivity index (χ4n) is 1.50. The van der Waals surface area contributed by atoms with Gasteiger partial charge in [0.1, 0.15) is 0 Å². The summed E-state index contributed by atoms with van der Waals surface area (Å²) in [5, 5.41) is 2.85. The van der Waals surface area contributed by atoms with Crippen LogP contribution in [0.5, 0.6) is 11.5 Å². The smallest absolute Gasteiger partial charge is 0.251 e. The third-order valence-corrected chi connectivity index (χ3v) is 3.03. The molecule has 0 fully saturated rings. The lowest BCUT2D eigenvalue weighted by Crippen LogP contribution is -2.35. The summed E-state index contributed by atoms with van der Waals surface area (Å²) < 4.78 is 10.3. The SMILES string of the molecule is CCC(CCl)NC(=O)c1ccc(OC)c(OC)c1. The van der Waals surface area contributed by atoms with E-state index in [9.17, 15) is 4.79 Å². The molecule has 1 unspecified atom stereocenters. The number of ether oxygens (including phenoxy) is 2. The summed E-state index contributed by atoms with van der Waals surface area (Å²) in [7, 11) is 3.09. The Hall–Kier alpha value is -1.42. The van der Waals surface area contributed by atoms with Crippen LogP contribution in [0, 0.1) is 0 Å². The number of hydrogen-bond acceptors (Lipinski definition) is 3. The van der Waals surface area contributed by atoms with Gasteiger partial charge in [0.15, 0.2) is 11.5 Å². The molecule has 1 N–H and O–H groups in total. The number of carbonyl (C=O) groups is 1. The number of carbonyl (C=O) groups excluding carboxylic acids is 1. The molecule has 18 heavy (non-hydrogen) atoms. The topological polar surface area (TPSA) is 47.6 Å². The zero-order valence-electron chi connectivity index (χ0n) is 10.8. The molecule has 1 rings (SSSR count). The predicted octanol–water partition coefficient (Wildman–Crippen LogP) is 2.45. The lowest BCUT2D eigenvalue weighted by molar-refractivity contribution is 0.0939. The normalized spacial score (nSPS) is 11.8. The van der Waals surface area contributed by atoms with Gasteiger partial charge in [-0.15, -0.1) is 11.6 Å². The maximum Gasteiger partial charge on any atom is 0.251 e. The zero-order valence-corrected chi connectivity index (χ0v) is 11.6. The number of benzene rings is 1. The van der Waals surface area contributed by atoms with E-state index in [2.05, 4.69) is 5.32 Å². The maximum atomic E-state index is 12.0. The van der Waals surface area contributed by atoms with Crippen LogP contribution in [-0.2, 0) is 0 Å². The van der Waals surface area contributed by atoms with Crippen LogP contribution < -0.4 is 14.8 Å². The average Bonchev–Trinajstić information content (AvgIpc) is 2.43. The first kappa shape index (κ1) is 14.6. The molecule has 0 heterocycles. The molecular weight excluding hydrogens is 254 g/mol. The van der Waals surface area contributed by atoms with Crippen molar-refractivity contribution in [3.8, 4) is 11.5 Å². The second-order valence-electron chi connectivity index (χ2n) is 3.80. The van der Waals surface area contributed by atoms with E-state index >= 15 is 0 Å². The van der Waals surface area contributed by atoms with Gasteiger partial charge in [0.2, 0.25) is 0 Å². The minimum Gasteiger partial charge on any atom is -0.493 e. The van der Waals surface area contributed by atoms with E-state index in [4.69, 9.17) is 21.1 Å². The van der Waals surface area contributed by atoms with E-state index in [0.717, 1.165) is 6.42 Å². The highest BCUT2D eigenvalue weighted by Crippen LogP contribution is 2.27. The van der Waals surface area contributed by atoms with Gasteiger partial charge >= 0.3 is 0 Å². The molecule has 0 aliphatic heterocycles. The lowest BCUT2D eigenvalue weighted by atomic mass is 10.1. The first-order valence-corrected chi connectivity index (χ1v) is 6.28. The minimum absolute atomic E-state index is 0.0211. The lowest BCUT2D eigenvalue weighted by Gasteiger charge is -2.14. The van der Waals surface area contributed by atoms with Gasteiger partial charge in [0.25, 0.3) is 5.91 Å². The summed E-state index contributed by atoms with van der Waals surface area (Å²) in [5.41, 5.74) is 0.524. The Morgan fingerprint density at radius 2 is 2.00 bits per heavy atom. The molecular formula is C13H18ClNO3. The molecule has 0 bridgehead atoms. The second kappa shape index (κ2) is 7.11. The highest BCUT2D eigenvalue weighted by molar-refractivity contribution is 6.18. The van der Waals surface area contributed by atoms with Crippen molar-refractivity contribution in [1.82, 2.24) is 5.32 Å². The van der Waals surface area contributed by atoms with Crippen LogP contribution in [-0.4, -0.2) is 32.0 Å². The summed E-state index contributed by atoms with van der Waals surface area (Å²) in [6.45, 7) is 1.97. The number of halogens is 1. The van der Waals surface area contributed by atoms with Crippen LogP contribution in [0.2, 0.25) is 0 Å². The Kier molecular flexibility index (Phi) is 5.78. The van der Waals surface area contributed by atoms with Crippen molar-refractivity contribution in [2.45, 2.75) is 19.4 Å². The van der Waals surface area contributed by atoms with E-state index in [1.165, 1.54) is 7.11 Å². The molecule has 0 saturated carbocycles. The fourth-order valence-corrected chi connectivity index (χ4v) is 1.79. The van der Waals surface area contributed by atoms with Crippen LogP contribution in [0.25, 0.3) is 0 Å². The van der Waals surface area contributed by atoms with Crippen LogP contribution in [0.4, 0.5) is 0 Å². The first-order chi connectivity index (χ1) is 8.65. The number of rotatable bonds is 6. The molecule has 100 valence electrons. The number of hydrogen-bond donors (Lipinski definition) is 1. The van der Waals surface area contributed by atoms with Gasteiger partial charge in [-0.05, 0) is 24.6 Å². The van der Waals surface area contributed by atoms with E-state index in [1.54, 1.807) is 25.3 Å². The quantitative estimate of drug-likeness (QED) is 0.809. The molecule has 5 heteroatoms. The molecule has 1 atom stereocenters. The first-order valence-electron chi connectivity index (χ1n) is 5.75. The summed E-state index contributed by atoms with van der Waals surface area (Å²) in [6, 6.07) is 5.02. The van der Waals surface area contributed by atoms with Crippen LogP contribution in [0.15, 0.2) is 18.2 Å². The van der Waals surface area contributed by atoms with E-state index in [1.807, 2.05) is 6.92 Å². The van der Waals surface area contributed by atoms with Crippen LogP contribution in [0.3, 0.4) is 0 Å². The van der Waals surface area contributed by atoms with Crippen molar-refractivity contribution in [3.63, 3.8) is 0 Å². The minimum atomic E-state index is -0.163. The number of alkyl halides is 1. The van der Waals surface area contributed by atoms with Crippen molar-refractivity contribution in [1.29, 1.82) is 0 Å². The highest BCUT2D eigenvalue weighted by atomic mass is 35.5. The Labute approximate surface area is 112 Å². The maximum absolute atomic E-state index is 12.0. The van der Waals surface area contributed by atoms with Crippen molar-refractivity contribution in [2.75, 3.05) is 20.1 Å². The average molecular weight is 272 g/mol. The fraction of sp³-hybridized carbons (Fsp3) is 0.462. The Morgan fingerprint density at radius 1 is 1.33 bits per heavy atom. The Bertz CT molecular complexity index is 405. The van der Waals surface area contributed by atoms with E-state index in [0.29, 0.717) is 22.9 Å². The Morgan fingerprint density at radius 3 is 2.50 bits per heavy atom. The molecule has 0 radical (unpaired) electrons. The number of nitrogens with one attached hydrogen (secondary N) is 1. The number of amides is 1. The highest BCUT2D eigenvalue weighted by Gasteiger charge is 2.13. The van der Waals surface area contributed by atoms with Gasteiger partial charge in [-0.1, -0.05) is 6.92 Å². The molecule has 1 aromatic rings. The largest absolute Gasteiger partial charge is 0.493 e.